The smallest absolute Gasteiger partial charge is 0.256 e. The summed E-state index contributed by atoms with van der Waals surface area (Å²) in [7, 11) is 0. The second-order valence-corrected chi connectivity index (χ2v) is 7.51. The Morgan fingerprint density at radius 3 is 2.71 bits per heavy atom. The highest BCUT2D eigenvalue weighted by molar-refractivity contribution is 5.98. The van der Waals surface area contributed by atoms with Crippen LogP contribution in [0.2, 0.25) is 0 Å². The summed E-state index contributed by atoms with van der Waals surface area (Å²) < 4.78 is 19.3. The fourth-order valence-electron chi connectivity index (χ4n) is 3.70. The van der Waals surface area contributed by atoms with Crippen LogP contribution in [0.5, 0.6) is 0 Å². The van der Waals surface area contributed by atoms with Gasteiger partial charge in [-0.05, 0) is 49.6 Å². The molecule has 4 aromatic rings. The Morgan fingerprint density at radius 2 is 1.97 bits per heavy atom. The minimum atomic E-state index is -0.331. The molecule has 2 aromatic carbocycles. The van der Waals surface area contributed by atoms with Gasteiger partial charge in [0, 0.05) is 12.1 Å². The van der Waals surface area contributed by atoms with Gasteiger partial charge in [0.05, 0.1) is 23.6 Å². The Bertz CT molecular complexity index is 1270. The largest absolute Gasteiger partial charge is 0.337 e. The number of aromatic nitrogens is 5. The molecule has 2 aromatic heterocycles. The first-order valence-electron chi connectivity index (χ1n) is 9.90. The van der Waals surface area contributed by atoms with Crippen molar-refractivity contribution in [2.24, 2.45) is 0 Å². The lowest BCUT2D eigenvalue weighted by Gasteiger charge is -2.38. The third-order valence-electron chi connectivity index (χ3n) is 5.53. The average molecular weight is 418 g/mol. The van der Waals surface area contributed by atoms with E-state index in [0.717, 1.165) is 5.56 Å². The van der Waals surface area contributed by atoms with Gasteiger partial charge in [-0.1, -0.05) is 23.4 Å². The third kappa shape index (κ3) is 3.27. The maximum atomic E-state index is 13.9. The summed E-state index contributed by atoms with van der Waals surface area (Å²) in [6.07, 6.45) is 3.84. The molecule has 0 saturated carbocycles. The van der Waals surface area contributed by atoms with Gasteiger partial charge in [-0.2, -0.15) is 20.0 Å². The minimum Gasteiger partial charge on any atom is -0.337 e. The first-order chi connectivity index (χ1) is 15.0. The van der Waals surface area contributed by atoms with E-state index in [1.807, 2.05) is 19.1 Å². The van der Waals surface area contributed by atoms with Gasteiger partial charge in [-0.25, -0.2) is 4.39 Å². The molecule has 31 heavy (non-hydrogen) atoms. The molecule has 9 heteroatoms. The number of aryl methyl sites for hydroxylation is 1. The van der Waals surface area contributed by atoms with E-state index in [9.17, 15) is 9.18 Å². The molecule has 0 bridgehead atoms. The number of amides is 1. The summed E-state index contributed by atoms with van der Waals surface area (Å²) in [6, 6.07) is 9.94. The van der Waals surface area contributed by atoms with Crippen molar-refractivity contribution in [3.8, 4) is 17.1 Å². The number of carbonyl (C=O) groups excluding carboxylic acids is 1. The predicted molar refractivity (Wildman–Crippen MR) is 109 cm³/mol. The van der Waals surface area contributed by atoms with Crippen LogP contribution in [0.3, 0.4) is 0 Å². The van der Waals surface area contributed by atoms with E-state index in [1.165, 1.54) is 10.9 Å². The molecule has 1 atom stereocenters. The Hall–Kier alpha value is -3.88. The molecule has 156 valence electrons. The van der Waals surface area contributed by atoms with Crippen molar-refractivity contribution in [1.29, 1.82) is 0 Å². The van der Waals surface area contributed by atoms with Gasteiger partial charge in [-0.3, -0.25) is 4.79 Å². The summed E-state index contributed by atoms with van der Waals surface area (Å²) in [6.45, 7) is 4.18. The van der Waals surface area contributed by atoms with Crippen LogP contribution in [0, 0.1) is 19.7 Å². The maximum Gasteiger partial charge on any atom is 0.256 e. The van der Waals surface area contributed by atoms with E-state index >= 15 is 0 Å². The van der Waals surface area contributed by atoms with E-state index in [0.29, 0.717) is 47.1 Å². The third-order valence-corrected chi connectivity index (χ3v) is 5.53. The first-order valence-corrected chi connectivity index (χ1v) is 9.90. The second-order valence-electron chi connectivity index (χ2n) is 7.51. The summed E-state index contributed by atoms with van der Waals surface area (Å²) >= 11 is 0. The van der Waals surface area contributed by atoms with Gasteiger partial charge in [0.2, 0.25) is 11.7 Å². The zero-order valence-corrected chi connectivity index (χ0v) is 17.0. The molecule has 3 heterocycles. The molecule has 1 fully saturated rings. The van der Waals surface area contributed by atoms with Crippen molar-refractivity contribution in [3.63, 3.8) is 0 Å². The van der Waals surface area contributed by atoms with Gasteiger partial charge >= 0.3 is 0 Å². The molecule has 8 nitrogen and oxygen atoms in total. The van der Waals surface area contributed by atoms with Gasteiger partial charge in [0.1, 0.15) is 11.9 Å². The number of halogens is 1. The molecular weight excluding hydrogens is 399 g/mol. The number of hydrogen-bond donors (Lipinski definition) is 0. The second kappa shape index (κ2) is 7.42. The van der Waals surface area contributed by atoms with E-state index < -0.39 is 0 Å². The Labute approximate surface area is 177 Å². The topological polar surface area (TPSA) is 89.9 Å². The van der Waals surface area contributed by atoms with E-state index in [1.54, 1.807) is 42.4 Å². The van der Waals surface area contributed by atoms with Crippen LogP contribution in [0.4, 0.5) is 4.39 Å². The van der Waals surface area contributed by atoms with Crippen LogP contribution in [-0.4, -0.2) is 42.5 Å². The number of benzene rings is 2. The van der Waals surface area contributed by atoms with Gasteiger partial charge in [-0.15, -0.1) is 0 Å². The maximum absolute atomic E-state index is 13.9. The first kappa shape index (κ1) is 19.1. The molecular formula is C22H19FN6O2. The lowest BCUT2D eigenvalue weighted by molar-refractivity contribution is 0.0378. The lowest BCUT2D eigenvalue weighted by Crippen LogP contribution is -2.45. The van der Waals surface area contributed by atoms with Crippen LogP contribution in [-0.2, 0) is 0 Å². The van der Waals surface area contributed by atoms with Crippen LogP contribution in [0.15, 0.2) is 53.3 Å². The minimum absolute atomic E-state index is 0.162. The van der Waals surface area contributed by atoms with Crippen LogP contribution < -0.4 is 0 Å². The fraction of sp³-hybridized carbons (Fsp3) is 0.227. The molecule has 1 amide bonds. The van der Waals surface area contributed by atoms with E-state index in [4.69, 9.17) is 4.52 Å². The summed E-state index contributed by atoms with van der Waals surface area (Å²) in [5, 5.41) is 12.3. The highest BCUT2D eigenvalue weighted by Gasteiger charge is 2.39. The van der Waals surface area contributed by atoms with Crippen molar-refractivity contribution < 1.29 is 13.7 Å². The van der Waals surface area contributed by atoms with Crippen molar-refractivity contribution in [2.75, 3.05) is 6.54 Å². The van der Waals surface area contributed by atoms with Crippen LogP contribution in [0.25, 0.3) is 17.1 Å². The molecule has 1 unspecified atom stereocenters. The predicted octanol–water partition coefficient (Wildman–Crippen LogP) is 3.66. The van der Waals surface area contributed by atoms with Crippen molar-refractivity contribution in [1.82, 2.24) is 30.0 Å². The molecule has 1 aliphatic rings. The van der Waals surface area contributed by atoms with Crippen LogP contribution in [0.1, 0.15) is 39.8 Å². The number of nitrogens with zero attached hydrogens (tertiary/aromatic N) is 6. The highest BCUT2D eigenvalue weighted by atomic mass is 19.1. The van der Waals surface area contributed by atoms with Gasteiger partial charge < -0.3 is 9.42 Å². The molecule has 0 aliphatic carbocycles. The number of hydrogen-bond acceptors (Lipinski definition) is 6. The molecule has 1 aliphatic heterocycles. The number of likely N-dealkylation sites (tertiary alicyclic amines) is 1. The summed E-state index contributed by atoms with van der Waals surface area (Å²) in [4.78, 5) is 20.9. The quantitative estimate of drug-likeness (QED) is 0.502. The zero-order chi connectivity index (χ0) is 21.5. The highest BCUT2D eigenvalue weighted by Crippen LogP contribution is 2.35. The molecule has 0 radical (unpaired) electrons. The lowest BCUT2D eigenvalue weighted by atomic mass is 9.99. The number of carbonyl (C=O) groups is 1. The summed E-state index contributed by atoms with van der Waals surface area (Å²) in [5.74, 6) is 0.154. The molecule has 5 rings (SSSR count). The monoisotopic (exact) mass is 418 g/mol. The SMILES string of the molecule is Cc1ccc(C(=O)N2CCC2c2nc(-c3cccc(F)c3C)no2)c(-n2nccn2)c1. The Morgan fingerprint density at radius 1 is 1.16 bits per heavy atom. The van der Waals surface area contributed by atoms with Gasteiger partial charge in [0.15, 0.2) is 0 Å². The van der Waals surface area contributed by atoms with E-state index in [2.05, 4.69) is 20.3 Å². The fourth-order valence-corrected chi connectivity index (χ4v) is 3.70. The van der Waals surface area contributed by atoms with E-state index in [-0.39, 0.29) is 17.8 Å². The van der Waals surface area contributed by atoms with Crippen molar-refractivity contribution >= 4 is 5.91 Å². The zero-order valence-electron chi connectivity index (χ0n) is 17.0. The standard InChI is InChI=1S/C22H19FN6O2/c1-13-6-7-16(19(12-13)29-24-9-10-25-29)22(30)28-11-8-18(28)21-26-20(27-31-21)15-4-3-5-17(23)14(15)2/h3-7,9-10,12,18H,8,11H2,1-2H3. The Kier molecular flexibility index (Phi) is 4.58. The Balaban J connectivity index is 1.44. The average Bonchev–Trinajstić information content (AvgIpc) is 3.41. The molecule has 1 saturated heterocycles. The number of rotatable bonds is 4. The molecule has 0 spiro atoms. The van der Waals surface area contributed by atoms with Crippen molar-refractivity contribution in [2.45, 2.75) is 26.3 Å². The van der Waals surface area contributed by atoms with Crippen molar-refractivity contribution in [3.05, 3.63) is 77.2 Å². The van der Waals surface area contributed by atoms with Gasteiger partial charge in [0.25, 0.3) is 5.91 Å². The normalized spacial score (nSPS) is 15.7. The summed E-state index contributed by atoms with van der Waals surface area (Å²) in [5.41, 5.74) is 3.12. The molecule has 0 N–H and O–H groups in total. The van der Waals surface area contributed by atoms with Crippen LogP contribution >= 0.6 is 0 Å².